The third-order valence-electron chi connectivity index (χ3n) is 4.15. The van der Waals surface area contributed by atoms with Gasteiger partial charge in [0.05, 0.1) is 25.7 Å². The molecule has 9 nitrogen and oxygen atoms in total. The molecule has 10 heteroatoms. The highest BCUT2D eigenvalue weighted by Crippen LogP contribution is 2.44. The van der Waals surface area contributed by atoms with Crippen LogP contribution < -0.4 is 36.9 Å². The Morgan fingerprint density at radius 2 is 1.92 bits per heavy atom. The fourth-order valence-electron chi connectivity index (χ4n) is 3.08. The molecule has 1 atom stereocenters. The lowest BCUT2D eigenvalue weighted by atomic mass is 9.81. The molecule has 2 heterocycles. The van der Waals surface area contributed by atoms with E-state index in [1.54, 1.807) is 13.2 Å². The average molecular weight is 352 g/mol. The molecule has 1 aliphatic heterocycles. The Hall–Kier alpha value is -3.61. The third-order valence-corrected chi connectivity index (χ3v) is 4.15. The molecule has 1 aromatic heterocycles. The first-order valence-corrected chi connectivity index (χ1v) is 7.64. The lowest BCUT2D eigenvalue weighted by molar-refractivity contribution is 0.356. The van der Waals surface area contributed by atoms with Crippen molar-refractivity contribution in [2.45, 2.75) is 5.92 Å². The van der Waals surface area contributed by atoms with Gasteiger partial charge in [0.15, 0.2) is 11.5 Å². The summed E-state index contributed by atoms with van der Waals surface area (Å²) in [5.41, 5.74) is 19.8. The van der Waals surface area contributed by atoms with Gasteiger partial charge < -0.3 is 31.4 Å². The van der Waals surface area contributed by atoms with Gasteiger partial charge in [-0.1, -0.05) is 6.07 Å². The molecule has 6 N–H and O–H groups in total. The van der Waals surface area contributed by atoms with Crippen molar-refractivity contribution in [3.05, 3.63) is 34.7 Å². The van der Waals surface area contributed by atoms with Gasteiger partial charge in [-0.3, -0.25) is 0 Å². The molecule has 2 aromatic rings. The molecule has 26 heavy (non-hydrogen) atoms. The predicted octanol–water partition coefficient (Wildman–Crippen LogP) is -0.865. The highest BCUT2D eigenvalue weighted by Gasteiger charge is 2.35. The second kappa shape index (κ2) is 6.36. The summed E-state index contributed by atoms with van der Waals surface area (Å²) in [5, 5.41) is 9.63. The molecular weight excluding hydrogens is 335 g/mol. The van der Waals surface area contributed by atoms with Crippen LogP contribution in [-0.4, -0.2) is 32.0 Å². The van der Waals surface area contributed by atoms with Crippen LogP contribution in [0.4, 0.5) is 11.8 Å². The quantitative estimate of drug-likeness (QED) is 0.598. The summed E-state index contributed by atoms with van der Waals surface area (Å²) < 4.78 is 16.2. The largest absolute Gasteiger partial charge is 0.493 e. The molecule has 0 saturated heterocycles. The number of benzene rings is 1. The van der Waals surface area contributed by atoms with Gasteiger partial charge in [-0.25, -0.2) is 0 Å². The zero-order valence-electron chi connectivity index (χ0n) is 14.5. The summed E-state index contributed by atoms with van der Waals surface area (Å²) in [6, 6.07) is 5.70. The van der Waals surface area contributed by atoms with Gasteiger partial charge >= 0.3 is 0 Å². The maximum atomic E-state index is 9.63. The molecule has 0 spiro atoms. The topological polar surface area (TPSA) is 155 Å². The summed E-state index contributed by atoms with van der Waals surface area (Å²) in [5.74, 6) is 0.630. The number of methoxy groups -OCH3 is 2. The highest BCUT2D eigenvalue weighted by molar-refractivity contribution is 6.34. The van der Waals surface area contributed by atoms with Crippen molar-refractivity contribution < 1.29 is 14.2 Å². The van der Waals surface area contributed by atoms with Gasteiger partial charge in [0.2, 0.25) is 17.7 Å². The summed E-state index contributed by atoms with van der Waals surface area (Å²) in [6.07, 6.45) is 0. The van der Waals surface area contributed by atoms with Crippen LogP contribution in [0.5, 0.6) is 17.4 Å². The van der Waals surface area contributed by atoms with Crippen LogP contribution >= 0.6 is 0 Å². The van der Waals surface area contributed by atoms with Crippen LogP contribution in [-0.2, 0) is 0 Å². The number of hydrogen-bond donors (Lipinski definition) is 3. The molecule has 1 aliphatic rings. The Labute approximate surface area is 150 Å². The minimum absolute atomic E-state index is 0.0447. The number of nitriles is 1. The molecule has 0 bridgehead atoms. The Morgan fingerprint density at radius 1 is 1.19 bits per heavy atom. The summed E-state index contributed by atoms with van der Waals surface area (Å²) in [4.78, 5) is 8.04. The van der Waals surface area contributed by atoms with Gasteiger partial charge in [0, 0.05) is 0 Å². The van der Waals surface area contributed by atoms with Crippen LogP contribution in [0.3, 0.4) is 0 Å². The molecule has 0 amide bonds. The van der Waals surface area contributed by atoms with E-state index in [1.165, 1.54) is 7.11 Å². The number of allylic oxidation sites excluding steroid dienone is 1. The van der Waals surface area contributed by atoms with Crippen LogP contribution in [0, 0.1) is 11.3 Å². The summed E-state index contributed by atoms with van der Waals surface area (Å²) >= 11 is 0. The van der Waals surface area contributed by atoms with Crippen LogP contribution in [0.2, 0.25) is 0 Å². The van der Waals surface area contributed by atoms with Crippen LogP contribution in [0.25, 0.3) is 0 Å². The zero-order chi connectivity index (χ0) is 19.0. The Balaban J connectivity index is 2.30. The monoisotopic (exact) mass is 352 g/mol. The van der Waals surface area contributed by atoms with Gasteiger partial charge in [0.25, 0.3) is 0 Å². The van der Waals surface area contributed by atoms with E-state index >= 15 is 0 Å². The first kappa shape index (κ1) is 17.2. The van der Waals surface area contributed by atoms with Crippen molar-refractivity contribution in [3.63, 3.8) is 0 Å². The van der Waals surface area contributed by atoms with E-state index in [1.807, 2.05) is 13.9 Å². The predicted molar refractivity (Wildman–Crippen MR) is 97.9 cm³/mol. The van der Waals surface area contributed by atoms with E-state index in [9.17, 15) is 5.26 Å². The third kappa shape index (κ3) is 2.59. The van der Waals surface area contributed by atoms with Gasteiger partial charge in [-0.05, 0) is 17.1 Å². The number of nitrogen functional groups attached to an aromatic ring is 2. The fraction of sp³-hybridized carbons (Fsp3) is 0.188. The van der Waals surface area contributed by atoms with Crippen molar-refractivity contribution in [2.24, 2.45) is 5.73 Å². The number of aromatic nitrogens is 2. The van der Waals surface area contributed by atoms with Crippen molar-refractivity contribution in [1.82, 2.24) is 9.97 Å². The minimum atomic E-state index is -0.622. The standard InChI is InChI=1S/C16H17BN6O3/c1-24-9-4-6(3-8(17)12(9)25-2)10-7(5-18)14(20)26-15-11(10)13(19)22-16(21)23-15/h3-4,10H,17,20H2,1-2H3,(H4,19,21,22,23). The average Bonchev–Trinajstić information content (AvgIpc) is 2.59. The number of fused-ring (bicyclic) bond motifs is 1. The molecule has 1 aromatic carbocycles. The fourth-order valence-corrected chi connectivity index (χ4v) is 3.08. The van der Waals surface area contributed by atoms with Crippen LogP contribution in [0.15, 0.2) is 23.6 Å². The molecule has 132 valence electrons. The SMILES string of the molecule is Bc1cc(C2C(C#N)=C(N)Oc3nc(N)nc(N)c32)cc(OC)c1OC. The number of nitrogens with zero attached hydrogens (tertiary/aromatic N) is 3. The smallest absolute Gasteiger partial charge is 0.232 e. The first-order valence-electron chi connectivity index (χ1n) is 7.64. The Morgan fingerprint density at radius 3 is 2.54 bits per heavy atom. The molecule has 0 fully saturated rings. The molecular formula is C16H17BN6O3. The van der Waals surface area contributed by atoms with Gasteiger partial charge in [0.1, 0.15) is 25.3 Å². The highest BCUT2D eigenvalue weighted by atomic mass is 16.5. The first-order chi connectivity index (χ1) is 12.4. The van der Waals surface area contributed by atoms with E-state index in [4.69, 9.17) is 31.4 Å². The number of hydrogen-bond acceptors (Lipinski definition) is 9. The molecule has 1 unspecified atom stereocenters. The Kier molecular flexibility index (Phi) is 4.22. The number of nitrogens with two attached hydrogens (primary N) is 3. The molecule has 0 saturated carbocycles. The zero-order valence-corrected chi connectivity index (χ0v) is 14.5. The van der Waals surface area contributed by atoms with Crippen molar-refractivity contribution in [2.75, 3.05) is 25.7 Å². The van der Waals surface area contributed by atoms with Crippen LogP contribution in [0.1, 0.15) is 17.0 Å². The van der Waals surface area contributed by atoms with E-state index in [0.29, 0.717) is 22.6 Å². The Bertz CT molecular complexity index is 969. The second-order valence-corrected chi connectivity index (χ2v) is 5.68. The molecule has 3 rings (SSSR count). The number of rotatable bonds is 3. The summed E-state index contributed by atoms with van der Waals surface area (Å²) in [7, 11) is 4.96. The van der Waals surface area contributed by atoms with E-state index in [2.05, 4.69) is 16.0 Å². The van der Waals surface area contributed by atoms with Crippen molar-refractivity contribution >= 4 is 25.1 Å². The normalized spacial score (nSPS) is 15.7. The lowest BCUT2D eigenvalue weighted by Gasteiger charge is -2.27. The van der Waals surface area contributed by atoms with Gasteiger partial charge in [-0.2, -0.15) is 15.2 Å². The molecule has 0 aliphatic carbocycles. The second-order valence-electron chi connectivity index (χ2n) is 5.68. The summed E-state index contributed by atoms with van der Waals surface area (Å²) in [6.45, 7) is 0. The number of anilines is 2. The minimum Gasteiger partial charge on any atom is -0.493 e. The number of ether oxygens (including phenoxy) is 3. The molecule has 0 radical (unpaired) electrons. The van der Waals surface area contributed by atoms with Crippen molar-refractivity contribution in [1.29, 1.82) is 5.26 Å². The maximum absolute atomic E-state index is 9.63. The van der Waals surface area contributed by atoms with Crippen molar-refractivity contribution in [3.8, 4) is 23.4 Å². The van der Waals surface area contributed by atoms with Gasteiger partial charge in [-0.15, -0.1) is 0 Å². The lowest BCUT2D eigenvalue weighted by Crippen LogP contribution is -2.25. The van der Waals surface area contributed by atoms with E-state index in [-0.39, 0.29) is 29.1 Å². The maximum Gasteiger partial charge on any atom is 0.232 e. The van der Waals surface area contributed by atoms with E-state index < -0.39 is 5.92 Å². The van der Waals surface area contributed by atoms with E-state index in [0.717, 1.165) is 5.46 Å².